The molecule has 25 heavy (non-hydrogen) atoms. The lowest BCUT2D eigenvalue weighted by atomic mass is 10.1. The molecule has 0 fully saturated rings. The zero-order valence-corrected chi connectivity index (χ0v) is 13.9. The number of anilines is 1. The van der Waals surface area contributed by atoms with Crippen molar-refractivity contribution in [1.82, 2.24) is 4.98 Å². The minimum Gasteiger partial charge on any atom is -0.497 e. The molecule has 3 rings (SSSR count). The van der Waals surface area contributed by atoms with Crippen molar-refractivity contribution in [1.29, 1.82) is 5.26 Å². The smallest absolute Gasteiger partial charge is 0.411 e. The van der Waals surface area contributed by atoms with Gasteiger partial charge in [0.25, 0.3) is 0 Å². The molecule has 0 unspecified atom stereocenters. The van der Waals surface area contributed by atoms with Gasteiger partial charge in [0.15, 0.2) is 0 Å². The Morgan fingerprint density at radius 1 is 1.28 bits per heavy atom. The number of aromatic amines is 1. The number of benzene rings is 2. The number of hydrogen-bond donors (Lipinski definition) is 2. The molecule has 0 bridgehead atoms. The van der Waals surface area contributed by atoms with E-state index in [-0.39, 0.29) is 0 Å². The molecule has 2 aromatic carbocycles. The second-order valence-electron chi connectivity index (χ2n) is 5.32. The zero-order valence-electron chi connectivity index (χ0n) is 13.9. The van der Waals surface area contributed by atoms with Crippen LogP contribution < -0.4 is 10.1 Å². The molecule has 126 valence electrons. The lowest BCUT2D eigenvalue weighted by Gasteiger charge is -2.07. The van der Waals surface area contributed by atoms with Gasteiger partial charge in [-0.15, -0.1) is 0 Å². The third kappa shape index (κ3) is 3.26. The highest BCUT2D eigenvalue weighted by atomic mass is 16.5. The van der Waals surface area contributed by atoms with E-state index in [1.165, 1.54) is 0 Å². The number of hydrogen-bond acceptors (Lipinski definition) is 4. The molecule has 6 heteroatoms. The molecule has 6 nitrogen and oxygen atoms in total. The Morgan fingerprint density at radius 2 is 2.12 bits per heavy atom. The maximum Gasteiger partial charge on any atom is 0.411 e. The second-order valence-corrected chi connectivity index (χ2v) is 5.32. The van der Waals surface area contributed by atoms with Gasteiger partial charge < -0.3 is 14.5 Å². The van der Waals surface area contributed by atoms with Crippen LogP contribution in [-0.2, 0) is 4.74 Å². The first-order chi connectivity index (χ1) is 12.2. The van der Waals surface area contributed by atoms with Gasteiger partial charge in [-0.25, -0.2) is 4.79 Å². The molecule has 0 aliphatic heterocycles. The number of nitriles is 1. The van der Waals surface area contributed by atoms with E-state index in [0.29, 0.717) is 29.3 Å². The highest BCUT2D eigenvalue weighted by Gasteiger charge is 2.14. The first kappa shape index (κ1) is 16.4. The van der Waals surface area contributed by atoms with E-state index in [0.717, 1.165) is 16.5 Å². The quantitative estimate of drug-likeness (QED) is 0.745. The molecule has 1 amide bonds. The summed E-state index contributed by atoms with van der Waals surface area (Å²) in [6, 6.07) is 15.0. The van der Waals surface area contributed by atoms with Crippen molar-refractivity contribution in [2.45, 2.75) is 6.92 Å². The molecule has 0 atom stereocenters. The number of aromatic nitrogens is 1. The average molecular weight is 335 g/mol. The van der Waals surface area contributed by atoms with Crippen molar-refractivity contribution in [3.63, 3.8) is 0 Å². The average Bonchev–Trinajstić information content (AvgIpc) is 2.99. The Labute approximate surface area is 145 Å². The van der Waals surface area contributed by atoms with Crippen LogP contribution in [-0.4, -0.2) is 24.8 Å². The van der Waals surface area contributed by atoms with Gasteiger partial charge in [-0.1, -0.05) is 12.1 Å². The first-order valence-corrected chi connectivity index (χ1v) is 7.80. The number of amides is 1. The van der Waals surface area contributed by atoms with Crippen molar-refractivity contribution in [2.24, 2.45) is 0 Å². The molecular weight excluding hydrogens is 318 g/mol. The second kappa shape index (κ2) is 6.97. The molecule has 0 aliphatic rings. The Bertz CT molecular complexity index is 970. The van der Waals surface area contributed by atoms with Crippen molar-refractivity contribution < 1.29 is 14.3 Å². The third-order valence-electron chi connectivity index (χ3n) is 3.79. The van der Waals surface area contributed by atoms with E-state index >= 15 is 0 Å². The van der Waals surface area contributed by atoms with E-state index in [1.807, 2.05) is 30.3 Å². The fraction of sp³-hybridized carbons (Fsp3) is 0.158. The Balaban J connectivity index is 2.04. The topological polar surface area (TPSA) is 87.1 Å². The summed E-state index contributed by atoms with van der Waals surface area (Å²) < 4.78 is 10.1. The van der Waals surface area contributed by atoms with Gasteiger partial charge in [-0.05, 0) is 31.2 Å². The van der Waals surface area contributed by atoms with Gasteiger partial charge in [0, 0.05) is 22.7 Å². The summed E-state index contributed by atoms with van der Waals surface area (Å²) in [5, 5.41) is 13.1. The van der Waals surface area contributed by atoms with Crippen molar-refractivity contribution in [2.75, 3.05) is 19.0 Å². The number of nitrogens with zero attached hydrogens (tertiary/aromatic N) is 1. The summed E-state index contributed by atoms with van der Waals surface area (Å²) in [7, 11) is 1.60. The van der Waals surface area contributed by atoms with Crippen LogP contribution in [0, 0.1) is 11.3 Å². The number of H-pyrrole nitrogens is 1. The van der Waals surface area contributed by atoms with Crippen LogP contribution in [0.1, 0.15) is 12.5 Å². The van der Waals surface area contributed by atoms with Gasteiger partial charge in [-0.2, -0.15) is 5.26 Å². The van der Waals surface area contributed by atoms with Crippen molar-refractivity contribution in [3.8, 4) is 23.1 Å². The number of nitrogens with one attached hydrogen (secondary N) is 2. The maximum absolute atomic E-state index is 11.6. The van der Waals surface area contributed by atoms with Crippen LogP contribution in [0.4, 0.5) is 10.5 Å². The van der Waals surface area contributed by atoms with Crippen molar-refractivity contribution in [3.05, 3.63) is 48.0 Å². The highest BCUT2D eigenvalue weighted by Crippen LogP contribution is 2.32. The van der Waals surface area contributed by atoms with E-state index < -0.39 is 6.09 Å². The molecule has 0 saturated carbocycles. The number of carbonyl (C=O) groups is 1. The number of fused-ring (bicyclic) bond motifs is 1. The van der Waals surface area contributed by atoms with Gasteiger partial charge >= 0.3 is 6.09 Å². The molecule has 1 aromatic heterocycles. The normalized spacial score (nSPS) is 10.3. The molecule has 0 spiro atoms. The summed E-state index contributed by atoms with van der Waals surface area (Å²) in [4.78, 5) is 14.9. The summed E-state index contributed by atoms with van der Waals surface area (Å²) in [5.74, 6) is 0.711. The van der Waals surface area contributed by atoms with Crippen LogP contribution in [0.3, 0.4) is 0 Å². The fourth-order valence-electron chi connectivity index (χ4n) is 2.67. The van der Waals surface area contributed by atoms with E-state index in [4.69, 9.17) is 9.47 Å². The first-order valence-electron chi connectivity index (χ1n) is 7.80. The largest absolute Gasteiger partial charge is 0.497 e. The number of carbonyl (C=O) groups excluding carboxylic acids is 1. The Hall–Kier alpha value is -3.46. The summed E-state index contributed by atoms with van der Waals surface area (Å²) in [6.45, 7) is 2.04. The van der Waals surface area contributed by atoms with E-state index in [1.54, 1.807) is 26.2 Å². The molecule has 0 aliphatic carbocycles. The number of rotatable bonds is 4. The van der Waals surface area contributed by atoms with Crippen LogP contribution in [0.2, 0.25) is 0 Å². The fourth-order valence-corrected chi connectivity index (χ4v) is 2.67. The Kier molecular flexibility index (Phi) is 4.57. The minimum atomic E-state index is -0.512. The Morgan fingerprint density at radius 3 is 2.84 bits per heavy atom. The summed E-state index contributed by atoms with van der Waals surface area (Å²) >= 11 is 0. The van der Waals surface area contributed by atoms with E-state index in [2.05, 4.69) is 16.4 Å². The molecular formula is C19H17N3O3. The zero-order chi connectivity index (χ0) is 17.8. The monoisotopic (exact) mass is 335 g/mol. The van der Waals surface area contributed by atoms with Crippen LogP contribution in [0.15, 0.2) is 42.5 Å². The molecule has 1 heterocycles. The molecule has 2 N–H and O–H groups in total. The molecule has 0 saturated heterocycles. The lowest BCUT2D eigenvalue weighted by Crippen LogP contribution is -2.13. The van der Waals surface area contributed by atoms with Gasteiger partial charge in [0.05, 0.1) is 30.5 Å². The molecule has 0 radical (unpaired) electrons. The highest BCUT2D eigenvalue weighted by molar-refractivity contribution is 5.95. The van der Waals surface area contributed by atoms with Crippen LogP contribution >= 0.6 is 0 Å². The number of methoxy groups -OCH3 is 1. The van der Waals surface area contributed by atoms with Crippen molar-refractivity contribution >= 4 is 22.7 Å². The maximum atomic E-state index is 11.6. The molecule has 3 aromatic rings. The van der Waals surface area contributed by atoms with Gasteiger partial charge in [0.1, 0.15) is 11.8 Å². The standard InChI is InChI=1S/C19H17N3O3/c1-3-25-19(23)21-13-6-4-5-12(9-13)18-16(11-20)15-8-7-14(24-2)10-17(15)22-18/h4-10,22H,3H2,1-2H3,(H,21,23). The lowest BCUT2D eigenvalue weighted by molar-refractivity contribution is 0.168. The SMILES string of the molecule is CCOC(=O)Nc1cccc(-c2[nH]c3cc(OC)ccc3c2C#N)c1. The summed E-state index contributed by atoms with van der Waals surface area (Å²) in [6.07, 6.45) is -0.512. The van der Waals surface area contributed by atoms with E-state index in [9.17, 15) is 10.1 Å². The summed E-state index contributed by atoms with van der Waals surface area (Å²) in [5.41, 5.74) is 3.44. The minimum absolute atomic E-state index is 0.300. The third-order valence-corrected chi connectivity index (χ3v) is 3.79. The predicted octanol–water partition coefficient (Wildman–Crippen LogP) is 4.28. The van der Waals surface area contributed by atoms with Crippen LogP contribution in [0.25, 0.3) is 22.2 Å². The number of ether oxygens (including phenoxy) is 2. The van der Waals surface area contributed by atoms with Gasteiger partial charge in [-0.3, -0.25) is 5.32 Å². The van der Waals surface area contributed by atoms with Crippen LogP contribution in [0.5, 0.6) is 5.75 Å². The predicted molar refractivity (Wildman–Crippen MR) is 95.6 cm³/mol. The van der Waals surface area contributed by atoms with Gasteiger partial charge in [0.2, 0.25) is 0 Å².